The molecular weight excluding hydrogens is 334 g/mol. The largest absolute Gasteiger partial charge is 0.338 e. The second kappa shape index (κ2) is 6.42. The Morgan fingerprint density at radius 2 is 1.72 bits per heavy atom. The van der Waals surface area contributed by atoms with E-state index in [0.29, 0.717) is 16.3 Å². The highest BCUT2D eigenvalue weighted by Gasteiger charge is 2.11. The maximum absolute atomic E-state index is 12.4. The molecule has 0 spiro atoms. The lowest BCUT2D eigenvalue weighted by atomic mass is 10.1. The molecule has 122 valence electrons. The number of anilines is 1. The first-order valence-corrected chi connectivity index (χ1v) is 8.19. The quantitative estimate of drug-likeness (QED) is 0.539. The van der Waals surface area contributed by atoms with E-state index in [2.05, 4.69) is 15.3 Å². The Morgan fingerprint density at radius 3 is 2.52 bits per heavy atom. The second-order valence-electron chi connectivity index (χ2n) is 5.62. The van der Waals surface area contributed by atoms with Crippen LogP contribution in [0.15, 0.2) is 72.8 Å². The van der Waals surface area contributed by atoms with Gasteiger partial charge in [-0.15, -0.1) is 0 Å². The van der Waals surface area contributed by atoms with E-state index in [4.69, 9.17) is 11.6 Å². The van der Waals surface area contributed by atoms with Crippen molar-refractivity contribution in [1.82, 2.24) is 9.97 Å². The molecule has 4 nitrogen and oxygen atoms in total. The summed E-state index contributed by atoms with van der Waals surface area (Å²) in [6, 6.07) is 22.3. The number of halogens is 1. The second-order valence-corrected chi connectivity index (χ2v) is 6.02. The van der Waals surface area contributed by atoms with Crippen LogP contribution in [-0.2, 0) is 0 Å². The number of para-hydroxylation sites is 2. The molecule has 0 atom stereocenters. The van der Waals surface area contributed by atoms with Gasteiger partial charge in [0.2, 0.25) is 0 Å². The van der Waals surface area contributed by atoms with Crippen LogP contribution in [0.25, 0.3) is 22.4 Å². The number of imidazole rings is 1. The Morgan fingerprint density at radius 1 is 0.960 bits per heavy atom. The van der Waals surface area contributed by atoms with E-state index in [1.807, 2.05) is 54.6 Å². The Labute approximate surface area is 149 Å². The number of aromatic nitrogens is 2. The molecule has 0 aliphatic carbocycles. The Bertz CT molecular complexity index is 1020. The monoisotopic (exact) mass is 347 g/mol. The number of hydrogen-bond donors (Lipinski definition) is 2. The van der Waals surface area contributed by atoms with Crippen molar-refractivity contribution in [2.75, 3.05) is 5.32 Å². The minimum absolute atomic E-state index is 0.204. The zero-order chi connectivity index (χ0) is 17.2. The predicted molar refractivity (Wildman–Crippen MR) is 101 cm³/mol. The van der Waals surface area contributed by atoms with Crippen molar-refractivity contribution >= 4 is 34.2 Å². The van der Waals surface area contributed by atoms with Gasteiger partial charge in [-0.1, -0.05) is 41.9 Å². The van der Waals surface area contributed by atoms with Gasteiger partial charge in [-0.3, -0.25) is 4.79 Å². The number of carbonyl (C=O) groups is 1. The molecule has 25 heavy (non-hydrogen) atoms. The summed E-state index contributed by atoms with van der Waals surface area (Å²) >= 11 is 6.25. The first kappa shape index (κ1) is 15.4. The van der Waals surface area contributed by atoms with E-state index in [0.717, 1.165) is 22.4 Å². The maximum atomic E-state index is 12.4. The lowest BCUT2D eigenvalue weighted by molar-refractivity contribution is 0.102. The summed E-state index contributed by atoms with van der Waals surface area (Å²) in [6.07, 6.45) is 0. The topological polar surface area (TPSA) is 57.8 Å². The number of carbonyl (C=O) groups excluding carboxylic acids is 1. The lowest BCUT2D eigenvalue weighted by Gasteiger charge is -2.09. The third kappa shape index (κ3) is 3.12. The number of nitrogens with zero attached hydrogens (tertiary/aromatic N) is 1. The van der Waals surface area contributed by atoms with Crippen LogP contribution >= 0.6 is 11.6 Å². The summed E-state index contributed by atoms with van der Waals surface area (Å²) < 4.78 is 0. The van der Waals surface area contributed by atoms with Crippen molar-refractivity contribution in [3.8, 4) is 11.4 Å². The highest BCUT2D eigenvalue weighted by atomic mass is 35.5. The minimum atomic E-state index is -0.204. The number of H-pyrrole nitrogens is 1. The molecule has 1 heterocycles. The highest BCUT2D eigenvalue weighted by Crippen LogP contribution is 2.29. The van der Waals surface area contributed by atoms with Crippen LogP contribution in [0, 0.1) is 0 Å². The number of benzene rings is 3. The van der Waals surface area contributed by atoms with Crippen molar-refractivity contribution in [2.24, 2.45) is 0 Å². The number of hydrogen-bond acceptors (Lipinski definition) is 2. The van der Waals surface area contributed by atoms with Gasteiger partial charge in [0.25, 0.3) is 5.91 Å². The minimum Gasteiger partial charge on any atom is -0.338 e. The van der Waals surface area contributed by atoms with E-state index >= 15 is 0 Å². The first-order chi connectivity index (χ1) is 12.2. The van der Waals surface area contributed by atoms with Crippen molar-refractivity contribution in [1.29, 1.82) is 0 Å². The highest BCUT2D eigenvalue weighted by molar-refractivity contribution is 6.34. The molecule has 0 fully saturated rings. The number of nitrogens with one attached hydrogen (secondary N) is 2. The molecule has 0 aliphatic heterocycles. The molecule has 2 N–H and O–H groups in total. The van der Waals surface area contributed by atoms with Crippen molar-refractivity contribution in [3.05, 3.63) is 83.4 Å². The van der Waals surface area contributed by atoms with Gasteiger partial charge in [0, 0.05) is 11.1 Å². The molecule has 0 unspecified atom stereocenters. The van der Waals surface area contributed by atoms with Crippen LogP contribution in [0.1, 0.15) is 10.4 Å². The van der Waals surface area contributed by atoms with Crippen molar-refractivity contribution in [2.45, 2.75) is 0 Å². The molecule has 0 saturated carbocycles. The Balaban J connectivity index is 1.67. The van der Waals surface area contributed by atoms with Gasteiger partial charge in [0.15, 0.2) is 0 Å². The van der Waals surface area contributed by atoms with Gasteiger partial charge < -0.3 is 10.3 Å². The summed E-state index contributed by atoms with van der Waals surface area (Å²) in [4.78, 5) is 20.2. The van der Waals surface area contributed by atoms with Gasteiger partial charge in [0.05, 0.1) is 21.7 Å². The van der Waals surface area contributed by atoms with E-state index in [9.17, 15) is 4.79 Å². The molecular formula is C20H14ClN3O. The molecule has 1 amide bonds. The summed E-state index contributed by atoms with van der Waals surface area (Å²) in [5, 5.41) is 3.33. The number of aromatic amines is 1. The van der Waals surface area contributed by atoms with Crippen molar-refractivity contribution in [3.63, 3.8) is 0 Å². The lowest BCUT2D eigenvalue weighted by Crippen LogP contribution is -2.12. The fourth-order valence-corrected chi connectivity index (χ4v) is 2.81. The molecule has 0 aliphatic rings. The van der Waals surface area contributed by atoms with Gasteiger partial charge in [-0.05, 0) is 42.5 Å². The molecule has 5 heteroatoms. The maximum Gasteiger partial charge on any atom is 0.255 e. The summed E-state index contributed by atoms with van der Waals surface area (Å²) in [5.41, 5.74) is 3.83. The summed E-state index contributed by atoms with van der Waals surface area (Å²) in [5.74, 6) is 0.525. The van der Waals surface area contributed by atoms with Gasteiger partial charge in [0.1, 0.15) is 5.82 Å². The standard InChI is InChI=1S/C20H14ClN3O/c21-15-11-10-14(19-22-16-8-4-5-9-17(16)23-19)12-18(15)24-20(25)13-6-2-1-3-7-13/h1-12H,(H,22,23)(H,24,25). The fourth-order valence-electron chi connectivity index (χ4n) is 2.64. The Kier molecular flexibility index (Phi) is 3.96. The average molecular weight is 348 g/mol. The third-order valence-electron chi connectivity index (χ3n) is 3.91. The zero-order valence-electron chi connectivity index (χ0n) is 13.2. The van der Waals surface area contributed by atoms with Crippen LogP contribution in [0.2, 0.25) is 5.02 Å². The van der Waals surface area contributed by atoms with Crippen LogP contribution in [0.3, 0.4) is 0 Å². The van der Waals surface area contributed by atoms with E-state index < -0.39 is 0 Å². The molecule has 4 aromatic rings. The van der Waals surface area contributed by atoms with Crippen LogP contribution in [0.5, 0.6) is 0 Å². The zero-order valence-corrected chi connectivity index (χ0v) is 13.9. The predicted octanol–water partition coefficient (Wildman–Crippen LogP) is 5.14. The normalized spacial score (nSPS) is 10.8. The van der Waals surface area contributed by atoms with E-state index in [1.54, 1.807) is 18.2 Å². The molecule has 1 aromatic heterocycles. The van der Waals surface area contributed by atoms with Gasteiger partial charge in [-0.25, -0.2) is 4.98 Å². The smallest absolute Gasteiger partial charge is 0.255 e. The number of amides is 1. The summed E-state index contributed by atoms with van der Waals surface area (Å²) in [7, 11) is 0. The van der Waals surface area contributed by atoms with E-state index in [1.165, 1.54) is 0 Å². The van der Waals surface area contributed by atoms with Gasteiger partial charge in [-0.2, -0.15) is 0 Å². The average Bonchev–Trinajstić information content (AvgIpc) is 3.08. The SMILES string of the molecule is O=C(Nc1cc(-c2nc3ccccc3[nH]2)ccc1Cl)c1ccccc1. The third-order valence-corrected chi connectivity index (χ3v) is 4.24. The summed E-state index contributed by atoms with van der Waals surface area (Å²) in [6.45, 7) is 0. The molecule has 0 radical (unpaired) electrons. The van der Waals surface area contributed by atoms with Crippen LogP contribution < -0.4 is 5.32 Å². The van der Waals surface area contributed by atoms with Crippen LogP contribution in [0.4, 0.5) is 5.69 Å². The molecule has 0 bridgehead atoms. The van der Waals surface area contributed by atoms with Crippen molar-refractivity contribution < 1.29 is 4.79 Å². The molecule has 0 saturated heterocycles. The first-order valence-electron chi connectivity index (χ1n) is 7.82. The number of fused-ring (bicyclic) bond motifs is 1. The number of rotatable bonds is 3. The van der Waals surface area contributed by atoms with Gasteiger partial charge >= 0.3 is 0 Å². The Hall–Kier alpha value is -3.11. The fraction of sp³-hybridized carbons (Fsp3) is 0. The van der Waals surface area contributed by atoms with Crippen LogP contribution in [-0.4, -0.2) is 15.9 Å². The molecule has 4 rings (SSSR count). The van der Waals surface area contributed by atoms with E-state index in [-0.39, 0.29) is 5.91 Å². The molecule has 3 aromatic carbocycles.